The molecular formula is C18H20N4O2. The Labute approximate surface area is 140 Å². The Hall–Kier alpha value is -2.94. The predicted molar refractivity (Wildman–Crippen MR) is 89.5 cm³/mol. The minimum absolute atomic E-state index is 0.102. The molecule has 0 saturated heterocycles. The first-order chi connectivity index (χ1) is 11.7. The van der Waals surface area contributed by atoms with Gasteiger partial charge in [-0.1, -0.05) is 25.5 Å². The Kier molecular flexibility index (Phi) is 4.43. The highest BCUT2D eigenvalue weighted by molar-refractivity contribution is 5.55. The van der Waals surface area contributed by atoms with Crippen LogP contribution in [0.2, 0.25) is 0 Å². The molecule has 1 aliphatic heterocycles. The number of allylic oxidation sites excluding steroid dienone is 1. The smallest absolute Gasteiger partial charge is 0.244 e. The van der Waals surface area contributed by atoms with Gasteiger partial charge in [-0.2, -0.15) is 5.26 Å². The predicted octanol–water partition coefficient (Wildman–Crippen LogP) is 3.12. The van der Waals surface area contributed by atoms with Gasteiger partial charge in [-0.3, -0.25) is 5.10 Å². The molecule has 0 radical (unpaired) electrons. The van der Waals surface area contributed by atoms with Crippen LogP contribution in [0.4, 0.5) is 0 Å². The number of fused-ring (bicyclic) bond motifs is 1. The molecule has 3 N–H and O–H groups in total. The van der Waals surface area contributed by atoms with E-state index >= 15 is 0 Å². The maximum atomic E-state index is 9.52. The summed E-state index contributed by atoms with van der Waals surface area (Å²) in [6.07, 6.45) is 2.12. The lowest BCUT2D eigenvalue weighted by molar-refractivity contribution is 0.309. The number of aromatic amines is 1. The van der Waals surface area contributed by atoms with Gasteiger partial charge in [0.25, 0.3) is 0 Å². The Balaban J connectivity index is 1.95. The third-order valence-corrected chi connectivity index (χ3v) is 4.11. The zero-order valence-corrected chi connectivity index (χ0v) is 13.8. The van der Waals surface area contributed by atoms with Crippen molar-refractivity contribution in [1.29, 1.82) is 5.26 Å². The topological polar surface area (TPSA) is 96.9 Å². The number of nitriles is 1. The summed E-state index contributed by atoms with van der Waals surface area (Å²) in [5.74, 6) is 1.06. The third-order valence-electron chi connectivity index (χ3n) is 4.11. The largest absolute Gasteiger partial charge is 0.494 e. The van der Waals surface area contributed by atoms with Crippen LogP contribution in [0.1, 0.15) is 42.5 Å². The van der Waals surface area contributed by atoms with Crippen LogP contribution in [0.5, 0.6) is 11.6 Å². The van der Waals surface area contributed by atoms with Crippen molar-refractivity contribution in [3.8, 4) is 17.7 Å². The lowest BCUT2D eigenvalue weighted by Crippen LogP contribution is -2.21. The van der Waals surface area contributed by atoms with Crippen molar-refractivity contribution in [2.45, 2.75) is 32.6 Å². The average Bonchev–Trinajstić information content (AvgIpc) is 2.95. The maximum Gasteiger partial charge on any atom is 0.244 e. The van der Waals surface area contributed by atoms with Gasteiger partial charge in [-0.15, -0.1) is 5.10 Å². The highest BCUT2D eigenvalue weighted by Crippen LogP contribution is 2.42. The monoisotopic (exact) mass is 324 g/mol. The van der Waals surface area contributed by atoms with Crippen molar-refractivity contribution in [3.63, 3.8) is 0 Å². The Bertz CT molecular complexity index is 799. The number of ether oxygens (including phenoxy) is 2. The van der Waals surface area contributed by atoms with Crippen LogP contribution in [0.3, 0.4) is 0 Å². The standard InChI is InChI=1S/C18H20N4O2/c1-3-4-9-23-13-7-5-12(6-8-13)16-14(10-19)17(20)24-18-15(16)11(2)21-22-18/h5-8,16H,3-4,9,20H2,1-2H3,(H,21,22)/t16-/m0/s1. The Morgan fingerprint density at radius 1 is 1.38 bits per heavy atom. The minimum atomic E-state index is -0.290. The summed E-state index contributed by atoms with van der Waals surface area (Å²) in [5, 5.41) is 16.5. The van der Waals surface area contributed by atoms with Crippen LogP contribution in [-0.2, 0) is 0 Å². The van der Waals surface area contributed by atoms with E-state index in [4.69, 9.17) is 15.2 Å². The molecule has 2 aromatic rings. The first-order valence-corrected chi connectivity index (χ1v) is 8.01. The molecule has 3 rings (SSSR count). The highest BCUT2D eigenvalue weighted by atomic mass is 16.5. The minimum Gasteiger partial charge on any atom is -0.494 e. The van der Waals surface area contributed by atoms with E-state index in [2.05, 4.69) is 23.2 Å². The quantitative estimate of drug-likeness (QED) is 0.824. The number of benzene rings is 1. The maximum absolute atomic E-state index is 9.52. The number of nitrogens with one attached hydrogen (secondary N) is 1. The number of nitrogens with two attached hydrogens (primary N) is 1. The molecule has 2 heterocycles. The van der Waals surface area contributed by atoms with Crippen LogP contribution in [0.15, 0.2) is 35.7 Å². The van der Waals surface area contributed by atoms with Gasteiger partial charge in [0.15, 0.2) is 0 Å². The second-order valence-electron chi connectivity index (χ2n) is 5.76. The molecule has 0 aliphatic carbocycles. The Morgan fingerprint density at radius 3 is 2.79 bits per heavy atom. The van der Waals surface area contributed by atoms with Crippen LogP contribution in [-0.4, -0.2) is 16.8 Å². The molecule has 0 saturated carbocycles. The average molecular weight is 324 g/mol. The van der Waals surface area contributed by atoms with Gasteiger partial charge in [0.1, 0.15) is 17.4 Å². The van der Waals surface area contributed by atoms with Crippen molar-refractivity contribution < 1.29 is 9.47 Å². The molecule has 0 fully saturated rings. The molecule has 6 nitrogen and oxygen atoms in total. The fourth-order valence-corrected chi connectivity index (χ4v) is 2.82. The number of hydrogen-bond acceptors (Lipinski definition) is 5. The molecule has 0 amide bonds. The summed E-state index contributed by atoms with van der Waals surface area (Å²) in [6, 6.07) is 9.92. The lowest BCUT2D eigenvalue weighted by atomic mass is 9.84. The van der Waals surface area contributed by atoms with Gasteiger partial charge >= 0.3 is 0 Å². The molecule has 1 aliphatic rings. The van der Waals surface area contributed by atoms with Crippen molar-refractivity contribution in [1.82, 2.24) is 10.2 Å². The van der Waals surface area contributed by atoms with Crippen LogP contribution in [0.25, 0.3) is 0 Å². The van der Waals surface area contributed by atoms with E-state index in [-0.39, 0.29) is 11.8 Å². The van der Waals surface area contributed by atoms with Crippen molar-refractivity contribution in [3.05, 3.63) is 52.5 Å². The van der Waals surface area contributed by atoms with E-state index < -0.39 is 0 Å². The Morgan fingerprint density at radius 2 is 2.12 bits per heavy atom. The van der Waals surface area contributed by atoms with E-state index in [1.807, 2.05) is 31.2 Å². The van der Waals surface area contributed by atoms with Crippen molar-refractivity contribution in [2.75, 3.05) is 6.61 Å². The second kappa shape index (κ2) is 6.67. The number of H-pyrrole nitrogens is 1. The van der Waals surface area contributed by atoms with E-state index in [0.717, 1.165) is 35.4 Å². The van der Waals surface area contributed by atoms with Crippen LogP contribution >= 0.6 is 0 Å². The summed E-state index contributed by atoms with van der Waals surface area (Å²) in [7, 11) is 0. The number of unbranched alkanes of at least 4 members (excludes halogenated alkanes) is 1. The summed E-state index contributed by atoms with van der Waals surface area (Å²) in [6.45, 7) is 4.73. The summed E-state index contributed by atoms with van der Waals surface area (Å²) < 4.78 is 11.2. The van der Waals surface area contributed by atoms with Crippen LogP contribution < -0.4 is 15.2 Å². The SMILES string of the molecule is CCCCOc1ccc([C@H]2C(C#N)=C(N)Oc3n[nH]c(C)c32)cc1. The van der Waals surface area contributed by atoms with E-state index in [9.17, 15) is 5.26 Å². The van der Waals surface area contributed by atoms with Gasteiger partial charge in [0, 0.05) is 11.3 Å². The van der Waals surface area contributed by atoms with E-state index in [1.54, 1.807) is 0 Å². The molecule has 0 spiro atoms. The molecule has 0 bridgehead atoms. The van der Waals surface area contributed by atoms with Gasteiger partial charge in [-0.05, 0) is 31.0 Å². The zero-order chi connectivity index (χ0) is 17.1. The summed E-state index contributed by atoms with van der Waals surface area (Å²) in [4.78, 5) is 0. The molecule has 6 heteroatoms. The number of aryl methyl sites for hydroxylation is 1. The summed E-state index contributed by atoms with van der Waals surface area (Å²) >= 11 is 0. The number of nitrogens with zero attached hydrogens (tertiary/aromatic N) is 2. The molecule has 1 aromatic carbocycles. The van der Waals surface area contributed by atoms with Crippen LogP contribution in [0, 0.1) is 18.3 Å². The van der Waals surface area contributed by atoms with E-state index in [0.29, 0.717) is 18.1 Å². The number of aromatic nitrogens is 2. The molecule has 1 atom stereocenters. The zero-order valence-electron chi connectivity index (χ0n) is 13.8. The van der Waals surface area contributed by atoms with Crippen molar-refractivity contribution >= 4 is 0 Å². The molecule has 1 aromatic heterocycles. The fraction of sp³-hybridized carbons (Fsp3) is 0.333. The second-order valence-corrected chi connectivity index (χ2v) is 5.76. The normalized spacial score (nSPS) is 16.3. The van der Waals surface area contributed by atoms with Crippen molar-refractivity contribution in [2.24, 2.45) is 5.73 Å². The third kappa shape index (κ3) is 2.81. The summed E-state index contributed by atoms with van der Waals surface area (Å²) in [5.41, 5.74) is 8.96. The molecule has 24 heavy (non-hydrogen) atoms. The first-order valence-electron chi connectivity index (χ1n) is 8.01. The highest BCUT2D eigenvalue weighted by Gasteiger charge is 2.34. The fourth-order valence-electron chi connectivity index (χ4n) is 2.82. The number of rotatable bonds is 5. The van der Waals surface area contributed by atoms with Gasteiger partial charge in [0.05, 0.1) is 12.5 Å². The van der Waals surface area contributed by atoms with Gasteiger partial charge in [-0.25, -0.2) is 0 Å². The molecule has 124 valence electrons. The lowest BCUT2D eigenvalue weighted by Gasteiger charge is -2.23. The van der Waals surface area contributed by atoms with Gasteiger partial charge in [0.2, 0.25) is 11.8 Å². The molecular weight excluding hydrogens is 304 g/mol. The molecule has 0 unspecified atom stereocenters. The number of hydrogen-bond donors (Lipinski definition) is 2. The van der Waals surface area contributed by atoms with Gasteiger partial charge < -0.3 is 15.2 Å². The first kappa shape index (κ1) is 15.9. The van der Waals surface area contributed by atoms with E-state index in [1.165, 1.54) is 0 Å².